The van der Waals surface area contributed by atoms with Crippen LogP contribution in [0.3, 0.4) is 0 Å². The molecular formula is C12H14F3NO2S. The zero-order chi connectivity index (χ0) is 14.3. The fourth-order valence-electron chi connectivity index (χ4n) is 1.27. The lowest BCUT2D eigenvalue weighted by atomic mass is 10.2. The third-order valence-electron chi connectivity index (χ3n) is 2.19. The van der Waals surface area contributed by atoms with Crippen LogP contribution in [-0.2, 0) is 11.0 Å². The Balaban J connectivity index is 2.47. The van der Waals surface area contributed by atoms with Gasteiger partial charge in [0.2, 0.25) is 5.91 Å². The van der Waals surface area contributed by atoms with Gasteiger partial charge in [0, 0.05) is 18.0 Å². The summed E-state index contributed by atoms with van der Waals surface area (Å²) in [5.74, 6) is -0.219. The second-order valence-corrected chi connectivity index (χ2v) is 4.79. The molecule has 1 rings (SSSR count). The van der Waals surface area contributed by atoms with E-state index in [2.05, 4.69) is 5.32 Å². The predicted octanol–water partition coefficient (Wildman–Crippen LogP) is 2.30. The van der Waals surface area contributed by atoms with Crippen molar-refractivity contribution in [2.45, 2.75) is 17.5 Å². The third kappa shape index (κ3) is 5.98. The lowest BCUT2D eigenvalue weighted by Gasteiger charge is -2.08. The average Bonchev–Trinajstić information content (AvgIpc) is 2.36. The molecule has 3 nitrogen and oxygen atoms in total. The minimum absolute atomic E-state index is 0.0128. The minimum Gasteiger partial charge on any atom is -0.396 e. The molecular weight excluding hydrogens is 279 g/mol. The number of aliphatic hydroxyl groups excluding tert-OH is 1. The highest BCUT2D eigenvalue weighted by Crippen LogP contribution is 2.31. The Bertz CT molecular complexity index is 424. The fourth-order valence-corrected chi connectivity index (χ4v) is 2.05. The summed E-state index contributed by atoms with van der Waals surface area (Å²) in [7, 11) is 0. The van der Waals surface area contributed by atoms with E-state index in [1.54, 1.807) is 0 Å². The number of benzene rings is 1. The molecule has 0 aromatic heterocycles. The van der Waals surface area contributed by atoms with Gasteiger partial charge in [-0.25, -0.2) is 0 Å². The standard InChI is InChI=1S/C12H14F3NO2S/c13-12(14,15)9-3-1-4-10(7-9)19-8-11(18)16-5-2-6-17/h1,3-4,7,17H,2,5-6,8H2,(H,16,18). The van der Waals surface area contributed by atoms with E-state index in [1.165, 1.54) is 12.1 Å². The van der Waals surface area contributed by atoms with E-state index < -0.39 is 11.7 Å². The molecule has 0 aliphatic rings. The molecule has 1 aromatic carbocycles. The molecule has 19 heavy (non-hydrogen) atoms. The SMILES string of the molecule is O=C(CSc1cccc(C(F)(F)F)c1)NCCCO. The molecule has 106 valence electrons. The van der Waals surface area contributed by atoms with Crippen molar-refractivity contribution >= 4 is 17.7 Å². The van der Waals surface area contributed by atoms with Crippen molar-refractivity contribution in [1.82, 2.24) is 5.32 Å². The summed E-state index contributed by atoms with van der Waals surface area (Å²) >= 11 is 1.04. The Hall–Kier alpha value is -1.21. The third-order valence-corrected chi connectivity index (χ3v) is 3.18. The second kappa shape index (κ2) is 7.40. The summed E-state index contributed by atoms with van der Waals surface area (Å²) in [5, 5.41) is 11.1. The van der Waals surface area contributed by atoms with Gasteiger partial charge in [0.1, 0.15) is 0 Å². The lowest BCUT2D eigenvalue weighted by molar-refractivity contribution is -0.137. The number of aliphatic hydroxyl groups is 1. The van der Waals surface area contributed by atoms with Crippen LogP contribution in [0.2, 0.25) is 0 Å². The van der Waals surface area contributed by atoms with E-state index in [9.17, 15) is 18.0 Å². The Labute approximate surface area is 113 Å². The summed E-state index contributed by atoms with van der Waals surface area (Å²) in [6.07, 6.45) is -3.92. The van der Waals surface area contributed by atoms with Gasteiger partial charge in [-0.05, 0) is 24.6 Å². The molecule has 0 spiro atoms. The van der Waals surface area contributed by atoms with Crippen molar-refractivity contribution in [2.24, 2.45) is 0 Å². The quantitative estimate of drug-likeness (QED) is 0.625. The zero-order valence-corrected chi connectivity index (χ0v) is 10.9. The largest absolute Gasteiger partial charge is 0.416 e. The van der Waals surface area contributed by atoms with Gasteiger partial charge in [-0.2, -0.15) is 13.2 Å². The number of rotatable bonds is 6. The Kier molecular flexibility index (Phi) is 6.17. The molecule has 2 N–H and O–H groups in total. The maximum Gasteiger partial charge on any atom is 0.416 e. The van der Waals surface area contributed by atoms with E-state index in [4.69, 9.17) is 5.11 Å². The fraction of sp³-hybridized carbons (Fsp3) is 0.417. The molecule has 7 heteroatoms. The first-order chi connectivity index (χ1) is 8.93. The minimum atomic E-state index is -4.38. The molecule has 0 atom stereocenters. The summed E-state index contributed by atoms with van der Waals surface area (Å²) in [6, 6.07) is 4.85. The van der Waals surface area contributed by atoms with Crippen LogP contribution < -0.4 is 5.32 Å². The molecule has 0 radical (unpaired) electrons. The van der Waals surface area contributed by atoms with Crippen molar-refractivity contribution < 1.29 is 23.1 Å². The molecule has 0 fully saturated rings. The smallest absolute Gasteiger partial charge is 0.396 e. The first kappa shape index (κ1) is 15.8. The number of alkyl halides is 3. The topological polar surface area (TPSA) is 49.3 Å². The van der Waals surface area contributed by atoms with Crippen molar-refractivity contribution in [3.63, 3.8) is 0 Å². The molecule has 1 amide bonds. The van der Waals surface area contributed by atoms with E-state index in [1.807, 2.05) is 0 Å². The van der Waals surface area contributed by atoms with Crippen molar-refractivity contribution in [2.75, 3.05) is 18.9 Å². The number of hydrogen-bond acceptors (Lipinski definition) is 3. The van der Waals surface area contributed by atoms with Crippen LogP contribution in [0.1, 0.15) is 12.0 Å². The maximum atomic E-state index is 12.5. The van der Waals surface area contributed by atoms with Crippen LogP contribution in [0.25, 0.3) is 0 Å². The second-order valence-electron chi connectivity index (χ2n) is 3.74. The highest BCUT2D eigenvalue weighted by molar-refractivity contribution is 8.00. The number of carbonyl (C=O) groups is 1. The van der Waals surface area contributed by atoms with Gasteiger partial charge in [-0.3, -0.25) is 4.79 Å². The first-order valence-corrected chi connectivity index (χ1v) is 6.59. The van der Waals surface area contributed by atoms with Crippen LogP contribution in [0.4, 0.5) is 13.2 Å². The number of thioether (sulfide) groups is 1. The highest BCUT2D eigenvalue weighted by atomic mass is 32.2. The lowest BCUT2D eigenvalue weighted by Crippen LogP contribution is -2.26. The molecule has 0 unspecified atom stereocenters. The van der Waals surface area contributed by atoms with E-state index in [0.717, 1.165) is 23.9 Å². The van der Waals surface area contributed by atoms with Gasteiger partial charge >= 0.3 is 6.18 Å². The molecule has 0 heterocycles. The van der Waals surface area contributed by atoms with Crippen LogP contribution in [0, 0.1) is 0 Å². The molecule has 0 aliphatic carbocycles. The Morgan fingerprint density at radius 3 is 2.74 bits per heavy atom. The van der Waals surface area contributed by atoms with Gasteiger partial charge in [-0.1, -0.05) is 6.07 Å². The van der Waals surface area contributed by atoms with Crippen LogP contribution in [-0.4, -0.2) is 29.9 Å². The molecule has 0 aliphatic heterocycles. The van der Waals surface area contributed by atoms with Gasteiger partial charge in [0.15, 0.2) is 0 Å². The van der Waals surface area contributed by atoms with Crippen molar-refractivity contribution in [3.05, 3.63) is 29.8 Å². The predicted molar refractivity (Wildman–Crippen MR) is 66.9 cm³/mol. The van der Waals surface area contributed by atoms with Gasteiger partial charge in [-0.15, -0.1) is 11.8 Å². The number of hydrogen-bond donors (Lipinski definition) is 2. The van der Waals surface area contributed by atoms with Gasteiger partial charge < -0.3 is 10.4 Å². The summed E-state index contributed by atoms with van der Waals surface area (Å²) in [5.41, 5.74) is -0.724. The van der Waals surface area contributed by atoms with Crippen molar-refractivity contribution in [1.29, 1.82) is 0 Å². The first-order valence-electron chi connectivity index (χ1n) is 5.61. The summed E-state index contributed by atoms with van der Waals surface area (Å²) in [6.45, 7) is 0.347. The number of nitrogens with one attached hydrogen (secondary N) is 1. The molecule has 0 saturated heterocycles. The molecule has 1 aromatic rings. The molecule has 0 saturated carbocycles. The summed E-state index contributed by atoms with van der Waals surface area (Å²) < 4.78 is 37.4. The summed E-state index contributed by atoms with van der Waals surface area (Å²) in [4.78, 5) is 11.7. The maximum absolute atomic E-state index is 12.5. The van der Waals surface area contributed by atoms with Crippen LogP contribution >= 0.6 is 11.8 Å². The van der Waals surface area contributed by atoms with E-state index in [-0.39, 0.29) is 18.3 Å². The average molecular weight is 293 g/mol. The normalized spacial score (nSPS) is 11.4. The highest BCUT2D eigenvalue weighted by Gasteiger charge is 2.30. The molecule has 0 bridgehead atoms. The van der Waals surface area contributed by atoms with Crippen LogP contribution in [0.5, 0.6) is 0 Å². The zero-order valence-electron chi connectivity index (χ0n) is 10.0. The number of halogens is 3. The Morgan fingerprint density at radius 2 is 2.11 bits per heavy atom. The van der Waals surface area contributed by atoms with Crippen LogP contribution in [0.15, 0.2) is 29.2 Å². The van der Waals surface area contributed by atoms with Crippen molar-refractivity contribution in [3.8, 4) is 0 Å². The van der Waals surface area contributed by atoms with E-state index >= 15 is 0 Å². The van der Waals surface area contributed by atoms with E-state index in [0.29, 0.717) is 17.9 Å². The Morgan fingerprint density at radius 1 is 1.37 bits per heavy atom. The number of amides is 1. The monoisotopic (exact) mass is 293 g/mol. The van der Waals surface area contributed by atoms with Gasteiger partial charge in [0.05, 0.1) is 11.3 Å². The van der Waals surface area contributed by atoms with Gasteiger partial charge in [0.25, 0.3) is 0 Å². The number of carbonyl (C=O) groups excluding carboxylic acids is 1.